The molecule has 0 N–H and O–H groups in total. The molecular formula is C14H24O6. The van der Waals surface area contributed by atoms with Crippen LogP contribution in [0.3, 0.4) is 0 Å². The molecule has 0 aromatic rings. The van der Waals surface area contributed by atoms with E-state index in [0.29, 0.717) is 6.42 Å². The SMILES string of the molecule is CCCCCCCCCCCC1C(=O)OOOOC1=O. The van der Waals surface area contributed by atoms with Gasteiger partial charge in [-0.2, -0.15) is 0 Å². The van der Waals surface area contributed by atoms with Crippen molar-refractivity contribution in [2.45, 2.75) is 71.1 Å². The Kier molecular flexibility index (Phi) is 8.98. The first-order valence-corrected chi connectivity index (χ1v) is 7.51. The van der Waals surface area contributed by atoms with E-state index in [1.165, 1.54) is 38.5 Å². The summed E-state index contributed by atoms with van der Waals surface area (Å²) in [5, 5.41) is 7.81. The van der Waals surface area contributed by atoms with Gasteiger partial charge in [-0.1, -0.05) is 64.7 Å². The van der Waals surface area contributed by atoms with Crippen molar-refractivity contribution in [2.24, 2.45) is 5.92 Å². The largest absolute Gasteiger partial charge is 0.360 e. The first-order chi connectivity index (χ1) is 9.75. The molecule has 0 aromatic heterocycles. The highest BCUT2D eigenvalue weighted by atomic mass is 17.7. The molecule has 0 bridgehead atoms. The van der Waals surface area contributed by atoms with Crippen LogP contribution in [0.2, 0.25) is 0 Å². The Labute approximate surface area is 119 Å². The second kappa shape index (κ2) is 10.6. The molecule has 6 heteroatoms. The zero-order chi connectivity index (χ0) is 14.6. The van der Waals surface area contributed by atoms with E-state index in [1.54, 1.807) is 0 Å². The van der Waals surface area contributed by atoms with Gasteiger partial charge in [-0.15, -0.1) is 0 Å². The Morgan fingerprint density at radius 1 is 0.750 bits per heavy atom. The second-order valence-corrected chi connectivity index (χ2v) is 5.11. The van der Waals surface area contributed by atoms with Gasteiger partial charge in [-0.05, 0) is 6.42 Å². The third-order valence-electron chi connectivity index (χ3n) is 3.43. The summed E-state index contributed by atoms with van der Waals surface area (Å²) >= 11 is 0. The van der Waals surface area contributed by atoms with Crippen LogP contribution < -0.4 is 0 Å². The molecule has 1 saturated heterocycles. The molecule has 116 valence electrons. The van der Waals surface area contributed by atoms with Crippen molar-refractivity contribution < 1.29 is 29.4 Å². The molecule has 0 aliphatic carbocycles. The number of rotatable bonds is 10. The summed E-state index contributed by atoms with van der Waals surface area (Å²) < 4.78 is 0. The van der Waals surface area contributed by atoms with Gasteiger partial charge >= 0.3 is 11.9 Å². The van der Waals surface area contributed by atoms with E-state index in [2.05, 4.69) is 26.8 Å². The van der Waals surface area contributed by atoms with Crippen molar-refractivity contribution in [3.05, 3.63) is 0 Å². The van der Waals surface area contributed by atoms with Gasteiger partial charge in [0.05, 0.1) is 0 Å². The summed E-state index contributed by atoms with van der Waals surface area (Å²) in [6, 6.07) is 0. The van der Waals surface area contributed by atoms with Crippen LogP contribution in [-0.4, -0.2) is 11.9 Å². The van der Waals surface area contributed by atoms with Gasteiger partial charge in [0.1, 0.15) is 0 Å². The normalized spacial score (nSPS) is 16.6. The lowest BCUT2D eigenvalue weighted by Crippen LogP contribution is -2.24. The van der Waals surface area contributed by atoms with Gasteiger partial charge in [-0.25, -0.2) is 9.59 Å². The lowest BCUT2D eigenvalue weighted by atomic mass is 10.00. The molecule has 0 spiro atoms. The summed E-state index contributed by atoms with van der Waals surface area (Å²) in [7, 11) is 0. The molecule has 20 heavy (non-hydrogen) atoms. The van der Waals surface area contributed by atoms with Crippen molar-refractivity contribution in [1.82, 2.24) is 0 Å². The van der Waals surface area contributed by atoms with Crippen molar-refractivity contribution in [3.63, 3.8) is 0 Å². The summed E-state index contributed by atoms with van der Waals surface area (Å²) in [5.74, 6) is -2.46. The Hall–Kier alpha value is -1.14. The fourth-order valence-electron chi connectivity index (χ4n) is 2.20. The molecular weight excluding hydrogens is 264 g/mol. The van der Waals surface area contributed by atoms with Crippen LogP contribution in [0.25, 0.3) is 0 Å². The quantitative estimate of drug-likeness (QED) is 0.348. The van der Waals surface area contributed by atoms with Crippen molar-refractivity contribution in [2.75, 3.05) is 0 Å². The molecule has 0 radical (unpaired) electrons. The van der Waals surface area contributed by atoms with E-state index >= 15 is 0 Å². The van der Waals surface area contributed by atoms with Crippen molar-refractivity contribution in [3.8, 4) is 0 Å². The maximum atomic E-state index is 11.4. The second-order valence-electron chi connectivity index (χ2n) is 5.11. The van der Waals surface area contributed by atoms with Crippen LogP contribution in [0, 0.1) is 5.92 Å². The van der Waals surface area contributed by atoms with Crippen LogP contribution in [0.15, 0.2) is 0 Å². The van der Waals surface area contributed by atoms with E-state index < -0.39 is 17.9 Å². The first kappa shape index (κ1) is 16.9. The van der Waals surface area contributed by atoms with Gasteiger partial charge in [0.25, 0.3) is 0 Å². The van der Waals surface area contributed by atoms with E-state index in [4.69, 9.17) is 0 Å². The molecule has 6 nitrogen and oxygen atoms in total. The number of hydrogen-bond donors (Lipinski definition) is 0. The highest BCUT2D eigenvalue weighted by Crippen LogP contribution is 2.18. The predicted octanol–water partition coefficient (Wildman–Crippen LogP) is 3.40. The van der Waals surface area contributed by atoms with E-state index in [-0.39, 0.29) is 0 Å². The summed E-state index contributed by atoms with van der Waals surface area (Å²) in [4.78, 5) is 31.2. The highest BCUT2D eigenvalue weighted by molar-refractivity contribution is 5.94. The summed E-state index contributed by atoms with van der Waals surface area (Å²) in [6.45, 7) is 2.21. The van der Waals surface area contributed by atoms with Gasteiger partial charge in [0.2, 0.25) is 0 Å². The molecule has 1 aliphatic heterocycles. The summed E-state index contributed by atoms with van der Waals surface area (Å²) in [6.07, 6.45) is 11.0. The Balaban J connectivity index is 2.02. The molecule has 0 amide bonds. The van der Waals surface area contributed by atoms with Crippen LogP contribution in [-0.2, 0) is 29.4 Å². The average molecular weight is 288 g/mol. The smallest absolute Gasteiger partial charge is 0.265 e. The Morgan fingerprint density at radius 3 is 1.70 bits per heavy atom. The fraction of sp³-hybridized carbons (Fsp3) is 0.857. The predicted molar refractivity (Wildman–Crippen MR) is 69.7 cm³/mol. The van der Waals surface area contributed by atoms with Crippen LogP contribution in [0.5, 0.6) is 0 Å². The number of carbonyl (C=O) groups excluding carboxylic acids is 2. The Bertz CT molecular complexity index is 273. The third-order valence-corrected chi connectivity index (χ3v) is 3.43. The van der Waals surface area contributed by atoms with Crippen molar-refractivity contribution >= 4 is 11.9 Å². The zero-order valence-electron chi connectivity index (χ0n) is 12.1. The topological polar surface area (TPSA) is 71.1 Å². The molecule has 1 heterocycles. The summed E-state index contributed by atoms with van der Waals surface area (Å²) in [5.41, 5.74) is 0. The number of hydrogen-bond acceptors (Lipinski definition) is 6. The number of unbranched alkanes of at least 4 members (excludes halogenated alkanes) is 8. The maximum Gasteiger partial charge on any atom is 0.360 e. The fourth-order valence-corrected chi connectivity index (χ4v) is 2.20. The molecule has 1 aliphatic rings. The first-order valence-electron chi connectivity index (χ1n) is 7.51. The maximum absolute atomic E-state index is 11.4. The molecule has 1 fully saturated rings. The minimum atomic E-state index is -0.943. The van der Waals surface area contributed by atoms with Gasteiger partial charge in [0, 0.05) is 10.1 Å². The van der Waals surface area contributed by atoms with E-state index in [9.17, 15) is 9.59 Å². The van der Waals surface area contributed by atoms with Gasteiger partial charge in [-0.3, -0.25) is 9.78 Å². The molecule has 0 unspecified atom stereocenters. The molecule has 0 saturated carbocycles. The van der Waals surface area contributed by atoms with E-state index in [1.807, 2.05) is 0 Å². The molecule has 0 atom stereocenters. The minimum absolute atomic E-state index is 0.403. The average Bonchev–Trinajstić information content (AvgIpc) is 2.60. The lowest BCUT2D eigenvalue weighted by Gasteiger charge is -2.06. The third kappa shape index (κ3) is 6.86. The van der Waals surface area contributed by atoms with Crippen LogP contribution >= 0.6 is 0 Å². The van der Waals surface area contributed by atoms with E-state index in [0.717, 1.165) is 19.3 Å². The van der Waals surface area contributed by atoms with Crippen LogP contribution in [0.4, 0.5) is 0 Å². The molecule has 1 rings (SSSR count). The highest BCUT2D eigenvalue weighted by Gasteiger charge is 2.34. The van der Waals surface area contributed by atoms with Gasteiger partial charge < -0.3 is 0 Å². The monoisotopic (exact) mass is 288 g/mol. The van der Waals surface area contributed by atoms with Gasteiger partial charge in [0.15, 0.2) is 5.92 Å². The number of carbonyl (C=O) groups is 2. The minimum Gasteiger partial charge on any atom is -0.265 e. The van der Waals surface area contributed by atoms with Crippen LogP contribution in [0.1, 0.15) is 71.1 Å². The molecule has 0 aromatic carbocycles. The zero-order valence-corrected chi connectivity index (χ0v) is 12.1. The van der Waals surface area contributed by atoms with Crippen molar-refractivity contribution in [1.29, 1.82) is 0 Å². The Morgan fingerprint density at radius 2 is 1.20 bits per heavy atom. The lowest BCUT2D eigenvalue weighted by molar-refractivity contribution is -0.594. The standard InChI is InChI=1S/C14H24O6/c1-2-3-4-5-6-7-8-9-10-11-12-13(15)17-19-20-18-14(12)16/h12H,2-11H2,1H3.